The van der Waals surface area contributed by atoms with Gasteiger partial charge in [-0.25, -0.2) is 23.1 Å². The molecule has 0 N–H and O–H groups in total. The maximum absolute atomic E-state index is 8.49. The van der Waals surface area contributed by atoms with Gasteiger partial charge in [-0.1, -0.05) is 13.8 Å². The van der Waals surface area contributed by atoms with Crippen LogP contribution in [0.2, 0.25) is 0 Å². The normalized spacial score (nSPS) is 10.8. The van der Waals surface area contributed by atoms with E-state index < -0.39 is 10.2 Å². The molecular formula is C10H14Cl2O5. The molecule has 0 saturated heterocycles. The molecule has 0 fully saturated rings. The zero-order valence-electron chi connectivity index (χ0n) is 9.57. The standard InChI is InChI=1S/C10H14ClO.ClHO4/c1-3-9-5-8(7-11)6-10(4-2)12-9;2-1(3,4)5/h5-6H,3-4,7H2,1-2H3;(H,2,3,4,5)/q+1;/p-1. The molecule has 0 spiro atoms. The van der Waals surface area contributed by atoms with Gasteiger partial charge in [0.15, 0.2) is 0 Å². The van der Waals surface area contributed by atoms with Gasteiger partial charge >= 0.3 is 11.5 Å². The summed E-state index contributed by atoms with van der Waals surface area (Å²) in [6.07, 6.45) is 1.86. The van der Waals surface area contributed by atoms with Crippen molar-refractivity contribution in [3.8, 4) is 0 Å². The summed E-state index contributed by atoms with van der Waals surface area (Å²) in [6, 6.07) is 4.04. The van der Waals surface area contributed by atoms with Gasteiger partial charge in [0.1, 0.15) is 0 Å². The minimum atomic E-state index is -4.94. The summed E-state index contributed by atoms with van der Waals surface area (Å²) in [5.41, 5.74) is 1.15. The Hall–Kier alpha value is -0.430. The van der Waals surface area contributed by atoms with Crippen molar-refractivity contribution in [2.24, 2.45) is 0 Å². The molecule has 0 aliphatic rings. The molecule has 0 radical (unpaired) electrons. The molecule has 0 aliphatic carbocycles. The first kappa shape index (κ1) is 16.6. The van der Waals surface area contributed by atoms with Crippen LogP contribution < -0.4 is 18.6 Å². The fourth-order valence-electron chi connectivity index (χ4n) is 1.11. The van der Waals surface area contributed by atoms with Crippen molar-refractivity contribution in [1.29, 1.82) is 0 Å². The number of halogens is 2. The van der Waals surface area contributed by atoms with Crippen molar-refractivity contribution in [2.45, 2.75) is 32.6 Å². The zero-order valence-corrected chi connectivity index (χ0v) is 11.1. The third kappa shape index (κ3) is 9.29. The molecule has 0 atom stereocenters. The summed E-state index contributed by atoms with van der Waals surface area (Å²) in [5, 5.41) is 0. The number of hydrogen-bond acceptors (Lipinski definition) is 4. The van der Waals surface area contributed by atoms with E-state index in [1.54, 1.807) is 0 Å². The first-order chi connectivity index (χ1) is 7.80. The zero-order chi connectivity index (χ0) is 13.5. The maximum atomic E-state index is 8.49. The third-order valence-electron chi connectivity index (χ3n) is 1.81. The summed E-state index contributed by atoms with van der Waals surface area (Å²) < 4.78 is 39.5. The van der Waals surface area contributed by atoms with Crippen molar-refractivity contribution < 1.29 is 33.3 Å². The smallest absolute Gasteiger partial charge is 0.222 e. The molecule has 0 unspecified atom stereocenters. The summed E-state index contributed by atoms with van der Waals surface area (Å²) in [7, 11) is -4.94. The quantitative estimate of drug-likeness (QED) is 0.505. The van der Waals surface area contributed by atoms with Gasteiger partial charge in [0.05, 0.1) is 12.8 Å². The summed E-state index contributed by atoms with van der Waals surface area (Å²) in [5.74, 6) is 2.60. The fourth-order valence-corrected chi connectivity index (χ4v) is 1.26. The van der Waals surface area contributed by atoms with Gasteiger partial charge in [-0.15, -0.1) is 21.8 Å². The lowest BCUT2D eigenvalue weighted by Crippen LogP contribution is -2.68. The number of rotatable bonds is 3. The minimum absolute atomic E-state index is 0.566. The lowest BCUT2D eigenvalue weighted by Gasteiger charge is -2.17. The maximum Gasteiger partial charge on any atom is 0.329 e. The molecule has 1 aromatic rings. The van der Waals surface area contributed by atoms with E-state index >= 15 is 0 Å². The largest absolute Gasteiger partial charge is 0.329 e. The van der Waals surface area contributed by atoms with Crippen molar-refractivity contribution >= 4 is 11.6 Å². The summed E-state index contributed by atoms with van der Waals surface area (Å²) in [4.78, 5) is 0. The van der Waals surface area contributed by atoms with Crippen LogP contribution in [0.1, 0.15) is 30.9 Å². The van der Waals surface area contributed by atoms with Crippen molar-refractivity contribution in [3.05, 3.63) is 29.2 Å². The van der Waals surface area contributed by atoms with Crippen LogP contribution in [0.4, 0.5) is 0 Å². The Morgan fingerprint density at radius 3 is 1.65 bits per heavy atom. The lowest BCUT2D eigenvalue weighted by molar-refractivity contribution is -2.00. The van der Waals surface area contributed by atoms with Crippen LogP contribution in [-0.4, -0.2) is 0 Å². The van der Waals surface area contributed by atoms with E-state index in [4.69, 9.17) is 34.7 Å². The molecule has 0 bridgehead atoms. The highest BCUT2D eigenvalue weighted by Gasteiger charge is 2.11. The summed E-state index contributed by atoms with van der Waals surface area (Å²) >= 11 is 5.74. The molecule has 1 heterocycles. The topological polar surface area (TPSA) is 104 Å². The van der Waals surface area contributed by atoms with Gasteiger partial charge < -0.3 is 0 Å². The highest BCUT2D eigenvalue weighted by molar-refractivity contribution is 6.17. The molecular weight excluding hydrogens is 271 g/mol. The predicted octanol–water partition coefficient (Wildman–Crippen LogP) is -1.33. The highest BCUT2D eigenvalue weighted by Crippen LogP contribution is 2.13. The Bertz CT molecular complexity index is 277. The van der Waals surface area contributed by atoms with E-state index in [0.29, 0.717) is 5.88 Å². The third-order valence-corrected chi connectivity index (χ3v) is 2.11. The molecule has 1 rings (SSSR count). The van der Waals surface area contributed by atoms with Crippen molar-refractivity contribution in [1.82, 2.24) is 0 Å². The van der Waals surface area contributed by atoms with Crippen molar-refractivity contribution in [2.75, 3.05) is 0 Å². The molecule has 0 aromatic carbocycles. The molecule has 1 aromatic heterocycles. The Balaban J connectivity index is 0.000000437. The van der Waals surface area contributed by atoms with E-state index in [9.17, 15) is 0 Å². The Morgan fingerprint density at radius 1 is 1.06 bits per heavy atom. The van der Waals surface area contributed by atoms with Gasteiger partial charge in [0.25, 0.3) is 0 Å². The van der Waals surface area contributed by atoms with Crippen LogP contribution in [0.5, 0.6) is 0 Å². The number of alkyl halides is 1. The molecule has 17 heavy (non-hydrogen) atoms. The molecule has 98 valence electrons. The van der Waals surface area contributed by atoms with Crippen LogP contribution in [0.3, 0.4) is 0 Å². The van der Waals surface area contributed by atoms with E-state index in [2.05, 4.69) is 13.8 Å². The van der Waals surface area contributed by atoms with Gasteiger partial charge in [0, 0.05) is 18.0 Å². The lowest BCUT2D eigenvalue weighted by atomic mass is 10.2. The average molecular weight is 285 g/mol. The van der Waals surface area contributed by atoms with Gasteiger partial charge in [-0.2, -0.15) is 0 Å². The first-order valence-electron chi connectivity index (χ1n) is 4.92. The fraction of sp³-hybridized carbons (Fsp3) is 0.500. The van der Waals surface area contributed by atoms with Crippen LogP contribution >= 0.6 is 11.6 Å². The minimum Gasteiger partial charge on any atom is -0.222 e. The SMILES string of the molecule is CCc1cc(CCl)cc(CC)[o+]1.[O-][Cl+3]([O-])([O-])[O-]. The second-order valence-corrected chi connectivity index (χ2v) is 4.14. The van der Waals surface area contributed by atoms with E-state index in [-0.39, 0.29) is 0 Å². The number of hydrogen-bond donors (Lipinski definition) is 0. The summed E-state index contributed by atoms with van der Waals surface area (Å²) in [6.45, 7) is 4.16. The van der Waals surface area contributed by atoms with E-state index in [0.717, 1.165) is 29.9 Å². The predicted molar refractivity (Wildman–Crippen MR) is 51.4 cm³/mol. The Morgan fingerprint density at radius 2 is 1.41 bits per heavy atom. The van der Waals surface area contributed by atoms with Gasteiger partial charge in [0.2, 0.25) is 0 Å². The second kappa shape index (κ2) is 7.81. The number of aryl methyl sites for hydroxylation is 2. The van der Waals surface area contributed by atoms with Crippen LogP contribution in [0.15, 0.2) is 16.5 Å². The molecule has 0 aliphatic heterocycles. The average Bonchev–Trinajstić information content (AvgIpc) is 2.26. The Labute approximate surface area is 107 Å². The van der Waals surface area contributed by atoms with Crippen LogP contribution in [-0.2, 0) is 18.7 Å². The molecule has 7 heteroatoms. The van der Waals surface area contributed by atoms with Gasteiger partial charge in [-0.05, 0) is 5.56 Å². The first-order valence-corrected chi connectivity index (χ1v) is 6.69. The van der Waals surface area contributed by atoms with Gasteiger partial charge in [-0.3, -0.25) is 0 Å². The second-order valence-electron chi connectivity index (χ2n) is 3.12. The molecule has 0 amide bonds. The monoisotopic (exact) mass is 284 g/mol. The van der Waals surface area contributed by atoms with E-state index in [1.807, 2.05) is 12.1 Å². The van der Waals surface area contributed by atoms with E-state index in [1.165, 1.54) is 0 Å². The Kier molecular flexibility index (Phi) is 7.61. The van der Waals surface area contributed by atoms with Crippen molar-refractivity contribution in [3.63, 3.8) is 0 Å². The van der Waals surface area contributed by atoms with Crippen LogP contribution in [0.25, 0.3) is 0 Å². The molecule has 5 nitrogen and oxygen atoms in total. The highest BCUT2D eigenvalue weighted by atomic mass is 35.7. The molecule has 0 saturated carbocycles. The van der Waals surface area contributed by atoms with Crippen LogP contribution in [0, 0.1) is 10.2 Å².